The number of aromatic nitrogens is 2. The maximum atomic E-state index is 12.0. The SMILES string of the molecule is C/C(=N/NC(=O)Cn1nc(C)c([N+](=O)[O-])c1C)c1ccc(O)cc1. The van der Waals surface area contributed by atoms with Gasteiger partial charge >= 0.3 is 5.69 Å². The Morgan fingerprint density at radius 2 is 2.00 bits per heavy atom. The number of amides is 1. The number of phenols is 1. The molecule has 0 saturated heterocycles. The second kappa shape index (κ2) is 6.90. The molecule has 1 amide bonds. The van der Waals surface area contributed by atoms with Crippen LogP contribution >= 0.6 is 0 Å². The topological polar surface area (TPSA) is 123 Å². The van der Waals surface area contributed by atoms with Gasteiger partial charge in [0.15, 0.2) is 0 Å². The molecule has 2 N–H and O–H groups in total. The average molecular weight is 331 g/mol. The predicted molar refractivity (Wildman–Crippen MR) is 86.8 cm³/mol. The van der Waals surface area contributed by atoms with Gasteiger partial charge in [-0.1, -0.05) is 0 Å². The molecular formula is C15H17N5O4. The molecule has 0 saturated carbocycles. The molecule has 0 unspecified atom stereocenters. The highest BCUT2D eigenvalue weighted by Crippen LogP contribution is 2.21. The van der Waals surface area contributed by atoms with Crippen molar-refractivity contribution in [3.05, 3.63) is 51.3 Å². The maximum absolute atomic E-state index is 12.0. The predicted octanol–water partition coefficient (Wildman–Crippen LogP) is 1.65. The quantitative estimate of drug-likeness (QED) is 0.490. The van der Waals surface area contributed by atoms with Crippen LogP contribution in [-0.2, 0) is 11.3 Å². The lowest BCUT2D eigenvalue weighted by atomic mass is 10.1. The Morgan fingerprint density at radius 1 is 1.38 bits per heavy atom. The van der Waals surface area contributed by atoms with E-state index in [4.69, 9.17) is 0 Å². The van der Waals surface area contributed by atoms with Gasteiger partial charge < -0.3 is 5.11 Å². The normalized spacial score (nSPS) is 11.4. The smallest absolute Gasteiger partial charge is 0.312 e. The highest BCUT2D eigenvalue weighted by molar-refractivity contribution is 5.99. The summed E-state index contributed by atoms with van der Waals surface area (Å²) in [5.74, 6) is -0.310. The van der Waals surface area contributed by atoms with Crippen molar-refractivity contribution >= 4 is 17.3 Å². The number of carbonyl (C=O) groups is 1. The second-order valence-electron chi connectivity index (χ2n) is 5.21. The van der Waals surface area contributed by atoms with E-state index in [0.717, 1.165) is 5.56 Å². The van der Waals surface area contributed by atoms with Gasteiger partial charge in [-0.15, -0.1) is 0 Å². The van der Waals surface area contributed by atoms with Gasteiger partial charge in [0, 0.05) is 0 Å². The fourth-order valence-corrected chi connectivity index (χ4v) is 2.19. The number of nitro groups is 1. The molecule has 126 valence electrons. The number of nitrogens with one attached hydrogen (secondary N) is 1. The third kappa shape index (κ3) is 3.75. The lowest BCUT2D eigenvalue weighted by Gasteiger charge is -2.04. The van der Waals surface area contributed by atoms with Gasteiger partial charge in [-0.3, -0.25) is 19.6 Å². The number of aromatic hydroxyl groups is 1. The van der Waals surface area contributed by atoms with Crippen LogP contribution in [-0.4, -0.2) is 31.4 Å². The van der Waals surface area contributed by atoms with Crippen molar-refractivity contribution in [2.24, 2.45) is 5.10 Å². The molecule has 0 radical (unpaired) electrons. The standard InChI is InChI=1S/C15H17N5O4/c1-9(12-4-6-13(21)7-5-12)16-17-14(22)8-19-11(3)15(20(23)24)10(2)18-19/h4-7,21H,8H2,1-3H3,(H,17,22)/b16-9-. The maximum Gasteiger partial charge on any atom is 0.312 e. The molecule has 0 bridgehead atoms. The van der Waals surface area contributed by atoms with E-state index >= 15 is 0 Å². The molecule has 0 fully saturated rings. The Labute approximate surface area is 137 Å². The van der Waals surface area contributed by atoms with E-state index in [2.05, 4.69) is 15.6 Å². The molecule has 9 heteroatoms. The summed E-state index contributed by atoms with van der Waals surface area (Å²) in [6.07, 6.45) is 0. The third-order valence-electron chi connectivity index (χ3n) is 3.45. The number of hydrogen-bond donors (Lipinski definition) is 2. The zero-order valence-electron chi connectivity index (χ0n) is 13.5. The summed E-state index contributed by atoms with van der Waals surface area (Å²) in [6, 6.07) is 6.38. The Kier molecular flexibility index (Phi) is 4.93. The molecular weight excluding hydrogens is 314 g/mol. The van der Waals surface area contributed by atoms with Crippen LogP contribution in [0.4, 0.5) is 5.69 Å². The summed E-state index contributed by atoms with van der Waals surface area (Å²) in [7, 11) is 0. The van der Waals surface area contributed by atoms with Gasteiger partial charge in [0.2, 0.25) is 0 Å². The van der Waals surface area contributed by atoms with Crippen LogP contribution in [0.1, 0.15) is 23.9 Å². The van der Waals surface area contributed by atoms with Gasteiger partial charge in [0.05, 0.1) is 10.6 Å². The summed E-state index contributed by atoms with van der Waals surface area (Å²) in [5, 5.41) is 28.2. The first-order valence-electron chi connectivity index (χ1n) is 7.10. The molecule has 0 spiro atoms. The molecule has 24 heavy (non-hydrogen) atoms. The van der Waals surface area contributed by atoms with Gasteiger partial charge in [-0.2, -0.15) is 10.2 Å². The van der Waals surface area contributed by atoms with E-state index in [1.807, 2.05) is 0 Å². The lowest BCUT2D eigenvalue weighted by Crippen LogP contribution is -2.25. The molecule has 1 heterocycles. The van der Waals surface area contributed by atoms with Crippen LogP contribution in [0.3, 0.4) is 0 Å². The van der Waals surface area contributed by atoms with E-state index in [-0.39, 0.29) is 23.7 Å². The van der Waals surface area contributed by atoms with Crippen LogP contribution in [0.2, 0.25) is 0 Å². The summed E-state index contributed by atoms with van der Waals surface area (Å²) in [4.78, 5) is 22.4. The number of nitrogens with zero attached hydrogens (tertiary/aromatic N) is 4. The monoisotopic (exact) mass is 331 g/mol. The number of phenolic OH excluding ortho intramolecular Hbond substituents is 1. The van der Waals surface area contributed by atoms with Crippen molar-refractivity contribution in [1.82, 2.24) is 15.2 Å². The highest BCUT2D eigenvalue weighted by Gasteiger charge is 2.22. The first-order valence-corrected chi connectivity index (χ1v) is 7.10. The zero-order valence-corrected chi connectivity index (χ0v) is 13.5. The lowest BCUT2D eigenvalue weighted by molar-refractivity contribution is -0.386. The zero-order chi connectivity index (χ0) is 17.9. The Morgan fingerprint density at radius 3 is 2.54 bits per heavy atom. The van der Waals surface area contributed by atoms with Crippen LogP contribution < -0.4 is 5.43 Å². The number of benzene rings is 1. The van der Waals surface area contributed by atoms with Crippen LogP contribution in [0, 0.1) is 24.0 Å². The van der Waals surface area contributed by atoms with Crippen molar-refractivity contribution in [2.45, 2.75) is 27.3 Å². The molecule has 1 aromatic carbocycles. The molecule has 2 rings (SSSR count). The number of aryl methyl sites for hydroxylation is 1. The molecule has 2 aromatic rings. The number of hydrogen-bond acceptors (Lipinski definition) is 6. The average Bonchev–Trinajstić information content (AvgIpc) is 2.79. The van der Waals surface area contributed by atoms with Crippen molar-refractivity contribution in [3.63, 3.8) is 0 Å². The minimum atomic E-state index is -0.515. The van der Waals surface area contributed by atoms with Crippen molar-refractivity contribution in [3.8, 4) is 5.75 Å². The van der Waals surface area contributed by atoms with Crippen molar-refractivity contribution in [1.29, 1.82) is 0 Å². The van der Waals surface area contributed by atoms with Crippen LogP contribution in [0.25, 0.3) is 0 Å². The molecule has 0 aliphatic carbocycles. The van der Waals surface area contributed by atoms with E-state index in [1.54, 1.807) is 19.1 Å². The first kappa shape index (κ1) is 17.1. The minimum absolute atomic E-state index is 0.0911. The fraction of sp³-hybridized carbons (Fsp3) is 0.267. The van der Waals surface area contributed by atoms with Crippen molar-refractivity contribution in [2.75, 3.05) is 0 Å². The fourth-order valence-electron chi connectivity index (χ4n) is 2.19. The largest absolute Gasteiger partial charge is 0.508 e. The Balaban J connectivity index is 2.06. The molecule has 0 atom stereocenters. The number of carbonyl (C=O) groups excluding carboxylic acids is 1. The summed E-state index contributed by atoms with van der Waals surface area (Å²) >= 11 is 0. The first-order chi connectivity index (χ1) is 11.3. The molecule has 1 aromatic heterocycles. The van der Waals surface area contributed by atoms with Gasteiger partial charge in [-0.05, 0) is 50.6 Å². The van der Waals surface area contributed by atoms with E-state index < -0.39 is 10.8 Å². The Hall–Kier alpha value is -3.23. The minimum Gasteiger partial charge on any atom is -0.508 e. The summed E-state index contributed by atoms with van der Waals surface area (Å²) in [6.45, 7) is 4.59. The van der Waals surface area contributed by atoms with Crippen molar-refractivity contribution < 1.29 is 14.8 Å². The van der Waals surface area contributed by atoms with E-state index in [0.29, 0.717) is 11.4 Å². The van der Waals surface area contributed by atoms with Crippen LogP contribution in [0.15, 0.2) is 29.4 Å². The highest BCUT2D eigenvalue weighted by atomic mass is 16.6. The number of hydrazone groups is 1. The van der Waals surface area contributed by atoms with E-state index in [1.165, 1.54) is 30.7 Å². The summed E-state index contributed by atoms with van der Waals surface area (Å²) < 4.78 is 1.27. The van der Waals surface area contributed by atoms with Gasteiger partial charge in [-0.25, -0.2) is 5.43 Å². The van der Waals surface area contributed by atoms with Gasteiger partial charge in [0.1, 0.15) is 23.7 Å². The molecule has 9 nitrogen and oxygen atoms in total. The Bertz CT molecular complexity index is 808. The van der Waals surface area contributed by atoms with E-state index in [9.17, 15) is 20.0 Å². The number of rotatable bonds is 5. The molecule has 0 aliphatic heterocycles. The second-order valence-corrected chi connectivity index (χ2v) is 5.21. The van der Waals surface area contributed by atoms with Gasteiger partial charge in [0.25, 0.3) is 5.91 Å². The molecule has 0 aliphatic rings. The van der Waals surface area contributed by atoms with Crippen LogP contribution in [0.5, 0.6) is 5.75 Å². The third-order valence-corrected chi connectivity index (χ3v) is 3.45. The summed E-state index contributed by atoms with van der Waals surface area (Å²) in [5.41, 5.74) is 4.17.